The molecule has 0 aliphatic carbocycles. The van der Waals surface area contributed by atoms with Crippen molar-refractivity contribution in [1.82, 2.24) is 9.78 Å². The zero-order valence-corrected chi connectivity index (χ0v) is 14.3. The monoisotopic (exact) mass is 320 g/mol. The third-order valence-electron chi connectivity index (χ3n) is 4.11. The first kappa shape index (κ1) is 16.0. The molecule has 1 aromatic heterocycles. The number of carbonyl (C=O) groups is 1. The molecule has 2 aromatic carbocycles. The van der Waals surface area contributed by atoms with E-state index in [1.807, 2.05) is 45.0 Å². The molecule has 0 atom stereocenters. The van der Waals surface area contributed by atoms with Crippen LogP contribution in [0.15, 0.2) is 42.5 Å². The molecule has 0 saturated carbocycles. The molecule has 4 heteroatoms. The summed E-state index contributed by atoms with van der Waals surface area (Å²) < 4.78 is 1.72. The van der Waals surface area contributed by atoms with E-state index in [1.165, 1.54) is 5.56 Å². The molecule has 24 heavy (non-hydrogen) atoms. The molecule has 0 spiro atoms. The van der Waals surface area contributed by atoms with Gasteiger partial charge in [-0.25, -0.2) is 9.48 Å². The number of hydrogen-bond acceptors (Lipinski definition) is 2. The van der Waals surface area contributed by atoms with Crippen molar-refractivity contribution in [3.8, 4) is 16.9 Å². The van der Waals surface area contributed by atoms with Gasteiger partial charge >= 0.3 is 5.97 Å². The second kappa shape index (κ2) is 5.96. The van der Waals surface area contributed by atoms with Gasteiger partial charge in [-0.15, -0.1) is 0 Å². The lowest BCUT2D eigenvalue weighted by molar-refractivity contribution is 0.0690. The minimum Gasteiger partial charge on any atom is -0.476 e. The third-order valence-corrected chi connectivity index (χ3v) is 4.11. The van der Waals surface area contributed by atoms with Crippen molar-refractivity contribution in [2.24, 2.45) is 0 Å². The number of carboxylic acids is 1. The van der Waals surface area contributed by atoms with Crippen LogP contribution in [0.5, 0.6) is 0 Å². The largest absolute Gasteiger partial charge is 0.476 e. The topological polar surface area (TPSA) is 55.1 Å². The van der Waals surface area contributed by atoms with Crippen LogP contribution in [0.3, 0.4) is 0 Å². The summed E-state index contributed by atoms with van der Waals surface area (Å²) in [4.78, 5) is 11.4. The van der Waals surface area contributed by atoms with Crippen molar-refractivity contribution < 1.29 is 9.90 Å². The zero-order chi connectivity index (χ0) is 17.4. The Balaban J connectivity index is 2.30. The average molecular weight is 320 g/mol. The van der Waals surface area contributed by atoms with Gasteiger partial charge in [0.15, 0.2) is 5.69 Å². The summed E-state index contributed by atoms with van der Waals surface area (Å²) >= 11 is 0. The van der Waals surface area contributed by atoms with Crippen LogP contribution in [-0.2, 0) is 0 Å². The van der Waals surface area contributed by atoms with Gasteiger partial charge in [0.05, 0.1) is 11.4 Å². The van der Waals surface area contributed by atoms with Crippen LogP contribution in [0.1, 0.15) is 32.7 Å². The maximum Gasteiger partial charge on any atom is 0.356 e. The molecule has 0 saturated heterocycles. The van der Waals surface area contributed by atoms with Crippen molar-refractivity contribution in [3.63, 3.8) is 0 Å². The lowest BCUT2D eigenvalue weighted by atomic mass is 9.97. The maximum atomic E-state index is 11.4. The first-order valence-electron chi connectivity index (χ1n) is 7.85. The molecule has 3 rings (SSSR count). The number of benzene rings is 2. The quantitative estimate of drug-likeness (QED) is 0.774. The number of aromatic nitrogens is 2. The molecule has 0 bridgehead atoms. The van der Waals surface area contributed by atoms with Gasteiger partial charge in [0.25, 0.3) is 0 Å². The van der Waals surface area contributed by atoms with Crippen molar-refractivity contribution in [2.75, 3.05) is 0 Å². The van der Waals surface area contributed by atoms with Crippen LogP contribution < -0.4 is 0 Å². The SMILES string of the molecule is Cc1cccc(-n2nc(C(=O)O)cc2-c2c(C)cc(C)cc2C)c1. The number of nitrogens with zero attached hydrogens (tertiary/aromatic N) is 2. The van der Waals surface area contributed by atoms with Gasteiger partial charge in [-0.1, -0.05) is 29.8 Å². The average Bonchev–Trinajstić information content (AvgIpc) is 2.91. The number of aromatic carboxylic acids is 1. The van der Waals surface area contributed by atoms with Gasteiger partial charge < -0.3 is 5.11 Å². The van der Waals surface area contributed by atoms with Gasteiger partial charge in [0.1, 0.15) is 0 Å². The molecule has 0 amide bonds. The molecule has 0 aliphatic rings. The lowest BCUT2D eigenvalue weighted by Crippen LogP contribution is -2.03. The molecule has 122 valence electrons. The fraction of sp³-hybridized carbons (Fsp3) is 0.200. The summed E-state index contributed by atoms with van der Waals surface area (Å²) in [5.74, 6) is -1.02. The number of carboxylic acid groups (broad SMARTS) is 1. The predicted molar refractivity (Wildman–Crippen MR) is 94.9 cm³/mol. The van der Waals surface area contributed by atoms with Crippen LogP contribution >= 0.6 is 0 Å². The molecule has 3 aromatic rings. The lowest BCUT2D eigenvalue weighted by Gasteiger charge is -2.14. The Morgan fingerprint density at radius 1 is 0.958 bits per heavy atom. The zero-order valence-electron chi connectivity index (χ0n) is 14.3. The summed E-state index contributed by atoms with van der Waals surface area (Å²) in [5.41, 5.74) is 7.24. The Hall–Kier alpha value is -2.88. The van der Waals surface area contributed by atoms with Crippen LogP contribution in [0, 0.1) is 27.7 Å². The highest BCUT2D eigenvalue weighted by molar-refractivity contribution is 5.88. The summed E-state index contributed by atoms with van der Waals surface area (Å²) in [6.07, 6.45) is 0. The fourth-order valence-corrected chi connectivity index (χ4v) is 3.20. The van der Waals surface area contributed by atoms with Crippen LogP contribution in [0.25, 0.3) is 16.9 Å². The Kier molecular flexibility index (Phi) is 3.97. The Morgan fingerprint density at radius 3 is 2.21 bits per heavy atom. The van der Waals surface area contributed by atoms with E-state index in [0.717, 1.165) is 33.6 Å². The normalized spacial score (nSPS) is 10.8. The number of rotatable bonds is 3. The van der Waals surface area contributed by atoms with E-state index in [4.69, 9.17) is 0 Å². The molecule has 1 heterocycles. The van der Waals surface area contributed by atoms with E-state index in [-0.39, 0.29) is 5.69 Å². The summed E-state index contributed by atoms with van der Waals surface area (Å²) in [7, 11) is 0. The smallest absolute Gasteiger partial charge is 0.356 e. The standard InChI is InChI=1S/C20H20N2O2/c1-12-6-5-7-16(10-12)22-18(11-17(21-22)20(23)24)19-14(3)8-13(2)9-15(19)4/h5-11H,1-4H3,(H,23,24). The first-order chi connectivity index (χ1) is 11.4. The van der Waals surface area contributed by atoms with E-state index in [9.17, 15) is 9.90 Å². The number of aryl methyl sites for hydroxylation is 4. The highest BCUT2D eigenvalue weighted by Gasteiger charge is 2.18. The van der Waals surface area contributed by atoms with Crippen LogP contribution in [0.4, 0.5) is 0 Å². The summed E-state index contributed by atoms with van der Waals surface area (Å²) in [6.45, 7) is 8.16. The van der Waals surface area contributed by atoms with Gasteiger partial charge in [-0.2, -0.15) is 5.10 Å². The second-order valence-electron chi connectivity index (χ2n) is 6.24. The van der Waals surface area contributed by atoms with Gasteiger partial charge in [0, 0.05) is 5.56 Å². The molecule has 4 nitrogen and oxygen atoms in total. The summed E-state index contributed by atoms with van der Waals surface area (Å²) in [6, 6.07) is 13.8. The molecule has 0 aliphatic heterocycles. The predicted octanol–water partition coefficient (Wildman–Crippen LogP) is 4.47. The molecule has 0 unspecified atom stereocenters. The number of hydrogen-bond donors (Lipinski definition) is 1. The van der Waals surface area contributed by atoms with E-state index < -0.39 is 5.97 Å². The molecular weight excluding hydrogens is 300 g/mol. The van der Waals surface area contributed by atoms with Gasteiger partial charge in [-0.3, -0.25) is 0 Å². The Morgan fingerprint density at radius 2 is 1.62 bits per heavy atom. The second-order valence-corrected chi connectivity index (χ2v) is 6.24. The van der Waals surface area contributed by atoms with Gasteiger partial charge in [-0.05, 0) is 62.6 Å². The fourth-order valence-electron chi connectivity index (χ4n) is 3.20. The van der Waals surface area contributed by atoms with Crippen molar-refractivity contribution >= 4 is 5.97 Å². The molecule has 0 radical (unpaired) electrons. The van der Waals surface area contributed by atoms with Crippen molar-refractivity contribution in [1.29, 1.82) is 0 Å². The Bertz CT molecular complexity index is 916. The first-order valence-corrected chi connectivity index (χ1v) is 7.85. The molecule has 0 fully saturated rings. The van der Waals surface area contributed by atoms with E-state index in [0.29, 0.717) is 0 Å². The highest BCUT2D eigenvalue weighted by atomic mass is 16.4. The van der Waals surface area contributed by atoms with Crippen molar-refractivity contribution in [2.45, 2.75) is 27.7 Å². The van der Waals surface area contributed by atoms with Crippen LogP contribution in [-0.4, -0.2) is 20.9 Å². The van der Waals surface area contributed by atoms with Crippen molar-refractivity contribution in [3.05, 3.63) is 70.4 Å². The van der Waals surface area contributed by atoms with Crippen LogP contribution in [0.2, 0.25) is 0 Å². The summed E-state index contributed by atoms with van der Waals surface area (Å²) in [5, 5.41) is 13.7. The van der Waals surface area contributed by atoms with E-state index in [2.05, 4.69) is 24.2 Å². The van der Waals surface area contributed by atoms with Gasteiger partial charge in [0.2, 0.25) is 0 Å². The highest BCUT2D eigenvalue weighted by Crippen LogP contribution is 2.31. The maximum absolute atomic E-state index is 11.4. The molecule has 1 N–H and O–H groups in total. The molecular formula is C20H20N2O2. The third kappa shape index (κ3) is 2.83. The van der Waals surface area contributed by atoms with E-state index >= 15 is 0 Å². The minimum atomic E-state index is -1.02. The minimum absolute atomic E-state index is 0.0471. The van der Waals surface area contributed by atoms with E-state index in [1.54, 1.807) is 10.7 Å². The Labute approximate surface area is 141 Å².